The first-order valence-corrected chi connectivity index (χ1v) is 8.49. The second-order valence-corrected chi connectivity index (χ2v) is 5.70. The lowest BCUT2D eigenvalue weighted by atomic mass is 10.2. The SMILES string of the molecule is CCCCCC(=O)O[C@@H](COC(=O)CC)[C@H](O)OP(=O)(O)O. The van der Waals surface area contributed by atoms with Gasteiger partial charge in [0.05, 0.1) is 0 Å². The molecule has 0 radical (unpaired) electrons. The van der Waals surface area contributed by atoms with E-state index in [-0.39, 0.29) is 12.8 Å². The summed E-state index contributed by atoms with van der Waals surface area (Å²) in [7, 11) is -4.98. The summed E-state index contributed by atoms with van der Waals surface area (Å²) in [4.78, 5) is 40.0. The molecular weight excluding hydrogens is 319 g/mol. The molecule has 130 valence electrons. The molecule has 3 N–H and O–H groups in total. The van der Waals surface area contributed by atoms with Crippen LogP contribution in [0.25, 0.3) is 0 Å². The average Bonchev–Trinajstić information content (AvgIpc) is 2.41. The van der Waals surface area contributed by atoms with Gasteiger partial charge in [-0.25, -0.2) is 4.57 Å². The quantitative estimate of drug-likeness (QED) is 0.216. The number of phosphoric ester groups is 1. The molecule has 0 aromatic heterocycles. The van der Waals surface area contributed by atoms with Crippen LogP contribution < -0.4 is 0 Å². The van der Waals surface area contributed by atoms with E-state index in [1.807, 2.05) is 6.92 Å². The van der Waals surface area contributed by atoms with Gasteiger partial charge < -0.3 is 24.4 Å². The van der Waals surface area contributed by atoms with Gasteiger partial charge in [0, 0.05) is 12.8 Å². The summed E-state index contributed by atoms with van der Waals surface area (Å²) >= 11 is 0. The van der Waals surface area contributed by atoms with Gasteiger partial charge >= 0.3 is 19.8 Å². The molecule has 0 heterocycles. The van der Waals surface area contributed by atoms with E-state index >= 15 is 0 Å². The Morgan fingerprint density at radius 3 is 2.27 bits per heavy atom. The third-order valence-electron chi connectivity index (χ3n) is 2.53. The minimum absolute atomic E-state index is 0.0621. The lowest BCUT2D eigenvalue weighted by Crippen LogP contribution is -2.37. The third kappa shape index (κ3) is 10.7. The Labute approximate surface area is 128 Å². The summed E-state index contributed by atoms with van der Waals surface area (Å²) < 4.78 is 24.3. The van der Waals surface area contributed by atoms with Crippen LogP contribution in [0.3, 0.4) is 0 Å². The molecule has 0 rings (SSSR count). The summed E-state index contributed by atoms with van der Waals surface area (Å²) in [5.74, 6) is -1.30. The van der Waals surface area contributed by atoms with Crippen molar-refractivity contribution >= 4 is 19.8 Å². The maximum atomic E-state index is 11.6. The Balaban J connectivity index is 4.59. The highest BCUT2D eigenvalue weighted by Gasteiger charge is 2.31. The Bertz CT molecular complexity index is 392. The van der Waals surface area contributed by atoms with E-state index in [1.54, 1.807) is 0 Å². The molecule has 0 aliphatic rings. The number of hydrogen-bond acceptors (Lipinski definition) is 7. The summed E-state index contributed by atoms with van der Waals surface area (Å²) in [5.41, 5.74) is 0. The fourth-order valence-corrected chi connectivity index (χ4v) is 1.82. The second-order valence-electron chi connectivity index (χ2n) is 4.51. The number of carbonyl (C=O) groups is 2. The minimum atomic E-state index is -4.98. The Morgan fingerprint density at radius 1 is 1.14 bits per heavy atom. The van der Waals surface area contributed by atoms with Crippen LogP contribution >= 0.6 is 7.82 Å². The van der Waals surface area contributed by atoms with Gasteiger partial charge in [-0.1, -0.05) is 26.7 Å². The molecule has 2 atom stereocenters. The fraction of sp³-hybridized carbons (Fsp3) is 0.833. The van der Waals surface area contributed by atoms with Gasteiger partial charge in [-0.2, -0.15) is 0 Å². The van der Waals surface area contributed by atoms with Crippen LogP contribution in [-0.4, -0.2) is 45.8 Å². The van der Waals surface area contributed by atoms with Crippen molar-refractivity contribution in [3.63, 3.8) is 0 Å². The molecule has 22 heavy (non-hydrogen) atoms. The van der Waals surface area contributed by atoms with Gasteiger partial charge in [0.2, 0.25) is 6.29 Å². The number of esters is 2. The maximum absolute atomic E-state index is 11.6. The zero-order chi connectivity index (χ0) is 17.2. The zero-order valence-electron chi connectivity index (χ0n) is 12.6. The molecule has 0 aromatic carbocycles. The summed E-state index contributed by atoms with van der Waals surface area (Å²) in [6, 6.07) is 0. The minimum Gasteiger partial charge on any atom is -0.462 e. The normalized spacial score (nSPS) is 14.2. The number of rotatable bonds is 11. The van der Waals surface area contributed by atoms with Crippen molar-refractivity contribution in [1.82, 2.24) is 0 Å². The molecule has 0 aromatic rings. The van der Waals surface area contributed by atoms with E-state index in [2.05, 4.69) is 4.52 Å². The molecule has 0 saturated carbocycles. The first kappa shape index (κ1) is 21.0. The van der Waals surface area contributed by atoms with E-state index in [4.69, 9.17) is 19.3 Å². The second kappa shape index (κ2) is 10.7. The summed E-state index contributed by atoms with van der Waals surface area (Å²) in [6.07, 6.45) is -1.20. The molecule has 9 nitrogen and oxygen atoms in total. The van der Waals surface area contributed by atoms with Crippen LogP contribution in [0, 0.1) is 0 Å². The monoisotopic (exact) mass is 342 g/mol. The number of carbonyl (C=O) groups excluding carboxylic acids is 2. The molecular formula is C12H23O9P. The van der Waals surface area contributed by atoms with Gasteiger partial charge in [0.15, 0.2) is 6.10 Å². The predicted octanol–water partition coefficient (Wildman–Crippen LogP) is 0.859. The Kier molecular flexibility index (Phi) is 10.2. The van der Waals surface area contributed by atoms with Gasteiger partial charge in [0.25, 0.3) is 0 Å². The lowest BCUT2D eigenvalue weighted by molar-refractivity contribution is -0.184. The van der Waals surface area contributed by atoms with Crippen molar-refractivity contribution < 1.29 is 43.0 Å². The number of ether oxygens (including phenoxy) is 2. The molecule has 0 aliphatic carbocycles. The molecule has 0 aliphatic heterocycles. The molecule has 0 spiro atoms. The topological polar surface area (TPSA) is 140 Å². The highest BCUT2D eigenvalue weighted by molar-refractivity contribution is 7.46. The lowest BCUT2D eigenvalue weighted by Gasteiger charge is -2.23. The van der Waals surface area contributed by atoms with Crippen molar-refractivity contribution in [3.05, 3.63) is 0 Å². The molecule has 10 heteroatoms. The van der Waals surface area contributed by atoms with Gasteiger partial charge in [-0.3, -0.25) is 14.1 Å². The summed E-state index contributed by atoms with van der Waals surface area (Å²) in [6.45, 7) is 2.93. The van der Waals surface area contributed by atoms with E-state index in [9.17, 15) is 19.3 Å². The predicted molar refractivity (Wildman–Crippen MR) is 74.4 cm³/mol. The highest BCUT2D eigenvalue weighted by Crippen LogP contribution is 2.38. The molecule has 0 saturated heterocycles. The molecule has 0 amide bonds. The molecule has 0 fully saturated rings. The third-order valence-corrected chi connectivity index (χ3v) is 3.02. The number of aliphatic hydroxyl groups excluding tert-OH is 1. The van der Waals surface area contributed by atoms with Gasteiger partial charge in [-0.05, 0) is 6.42 Å². The average molecular weight is 342 g/mol. The van der Waals surface area contributed by atoms with Crippen LogP contribution in [0.4, 0.5) is 0 Å². The van der Waals surface area contributed by atoms with Crippen molar-refractivity contribution in [1.29, 1.82) is 0 Å². The van der Waals surface area contributed by atoms with E-state index in [0.29, 0.717) is 6.42 Å². The highest BCUT2D eigenvalue weighted by atomic mass is 31.2. The smallest absolute Gasteiger partial charge is 0.462 e. The summed E-state index contributed by atoms with van der Waals surface area (Å²) in [5, 5.41) is 9.57. The van der Waals surface area contributed by atoms with E-state index in [0.717, 1.165) is 12.8 Å². The van der Waals surface area contributed by atoms with Crippen molar-refractivity contribution in [2.75, 3.05) is 6.61 Å². The fourth-order valence-electron chi connectivity index (χ4n) is 1.41. The van der Waals surface area contributed by atoms with Crippen LogP contribution in [0.1, 0.15) is 46.0 Å². The Morgan fingerprint density at radius 2 is 1.77 bits per heavy atom. The molecule has 0 unspecified atom stereocenters. The maximum Gasteiger partial charge on any atom is 0.472 e. The standard InChI is InChI=1S/C12H23O9P/c1-3-5-6-7-11(14)20-9(8-19-10(13)4-2)12(15)21-22(16,17)18/h9,12,15H,3-8H2,1-2H3,(H2,16,17,18)/t9-,12+/m0/s1. The van der Waals surface area contributed by atoms with Crippen LogP contribution in [0.2, 0.25) is 0 Å². The van der Waals surface area contributed by atoms with Crippen LogP contribution in [-0.2, 0) is 28.2 Å². The van der Waals surface area contributed by atoms with Crippen molar-refractivity contribution in [3.8, 4) is 0 Å². The van der Waals surface area contributed by atoms with E-state index < -0.39 is 38.8 Å². The van der Waals surface area contributed by atoms with Gasteiger partial charge in [-0.15, -0.1) is 0 Å². The first-order valence-electron chi connectivity index (χ1n) is 6.96. The van der Waals surface area contributed by atoms with Crippen molar-refractivity contribution in [2.24, 2.45) is 0 Å². The van der Waals surface area contributed by atoms with E-state index in [1.165, 1.54) is 6.92 Å². The van der Waals surface area contributed by atoms with Crippen LogP contribution in [0.15, 0.2) is 0 Å². The first-order chi connectivity index (χ1) is 10.2. The zero-order valence-corrected chi connectivity index (χ0v) is 13.5. The number of phosphoric acid groups is 1. The largest absolute Gasteiger partial charge is 0.472 e. The van der Waals surface area contributed by atoms with Gasteiger partial charge in [0.1, 0.15) is 6.61 Å². The Hall–Kier alpha value is -0.990. The number of unbranched alkanes of at least 4 members (excludes halogenated alkanes) is 2. The number of hydrogen-bond donors (Lipinski definition) is 3. The number of aliphatic hydroxyl groups is 1. The molecule has 0 bridgehead atoms. The van der Waals surface area contributed by atoms with Crippen LogP contribution in [0.5, 0.6) is 0 Å². The van der Waals surface area contributed by atoms with Crippen molar-refractivity contribution in [2.45, 2.75) is 58.3 Å².